The molecule has 1 atom stereocenters. The normalized spacial score (nSPS) is 15.5. The number of aromatic nitrogens is 2. The van der Waals surface area contributed by atoms with Crippen molar-refractivity contribution < 1.29 is 13.7 Å². The third-order valence-electron chi connectivity index (χ3n) is 4.76. The Kier molecular flexibility index (Phi) is 4.24. The van der Waals surface area contributed by atoms with E-state index >= 15 is 0 Å². The minimum atomic E-state index is -0.202. The molecule has 7 nitrogen and oxygen atoms in total. The van der Waals surface area contributed by atoms with E-state index in [1.54, 1.807) is 24.5 Å². The van der Waals surface area contributed by atoms with Crippen LogP contribution >= 0.6 is 0 Å². The summed E-state index contributed by atoms with van der Waals surface area (Å²) in [7, 11) is 0. The summed E-state index contributed by atoms with van der Waals surface area (Å²) < 4.78 is 10.8. The van der Waals surface area contributed by atoms with Crippen LogP contribution in [0.1, 0.15) is 48.7 Å². The number of rotatable bonds is 6. The molecule has 1 aliphatic rings. The van der Waals surface area contributed by atoms with Crippen LogP contribution in [0.4, 0.5) is 0 Å². The van der Waals surface area contributed by atoms with Gasteiger partial charge in [0, 0.05) is 12.6 Å². The van der Waals surface area contributed by atoms with Gasteiger partial charge < -0.3 is 20.0 Å². The van der Waals surface area contributed by atoms with E-state index in [1.807, 2.05) is 13.8 Å². The second kappa shape index (κ2) is 6.57. The van der Waals surface area contributed by atoms with E-state index in [0.29, 0.717) is 40.6 Å². The molecule has 0 spiro atoms. The van der Waals surface area contributed by atoms with Gasteiger partial charge in [0.1, 0.15) is 5.69 Å². The number of nitrogens with one attached hydrogen (secondary N) is 1. The number of pyridine rings is 1. The number of hydrogen-bond acceptors (Lipinski definition) is 6. The Balaban J connectivity index is 1.73. The molecule has 3 aromatic rings. The first kappa shape index (κ1) is 16.8. The maximum atomic E-state index is 12.9. The van der Waals surface area contributed by atoms with Gasteiger partial charge in [-0.2, -0.15) is 0 Å². The van der Waals surface area contributed by atoms with Crippen molar-refractivity contribution in [1.82, 2.24) is 15.5 Å². The zero-order valence-corrected chi connectivity index (χ0v) is 14.9. The predicted molar refractivity (Wildman–Crippen MR) is 96.6 cm³/mol. The molecule has 4 rings (SSSR count). The molecular formula is C19H22N4O3. The SMILES string of the molecule is CC(C)c1noc2nc(-c3ccco3)cc(C(=O)NCC(N)C3CC3)c12. The fraction of sp³-hybridized carbons (Fsp3) is 0.421. The van der Waals surface area contributed by atoms with Gasteiger partial charge in [0.05, 0.1) is 22.9 Å². The molecule has 1 amide bonds. The molecule has 136 valence electrons. The first-order valence-electron chi connectivity index (χ1n) is 8.92. The van der Waals surface area contributed by atoms with Crippen molar-refractivity contribution in [3.8, 4) is 11.5 Å². The average Bonchev–Trinajstić information content (AvgIpc) is 3.16. The topological polar surface area (TPSA) is 107 Å². The predicted octanol–water partition coefficient (Wildman–Crippen LogP) is 3.07. The van der Waals surface area contributed by atoms with Crippen molar-refractivity contribution in [3.05, 3.63) is 35.7 Å². The smallest absolute Gasteiger partial charge is 0.259 e. The Hall–Kier alpha value is -2.67. The van der Waals surface area contributed by atoms with Crippen molar-refractivity contribution in [1.29, 1.82) is 0 Å². The van der Waals surface area contributed by atoms with Crippen LogP contribution in [-0.2, 0) is 0 Å². The number of fused-ring (bicyclic) bond motifs is 1. The van der Waals surface area contributed by atoms with E-state index in [-0.39, 0.29) is 17.9 Å². The van der Waals surface area contributed by atoms with Crippen LogP contribution in [0.15, 0.2) is 33.4 Å². The number of carbonyl (C=O) groups excluding carboxylic acids is 1. The van der Waals surface area contributed by atoms with E-state index in [0.717, 1.165) is 18.5 Å². The van der Waals surface area contributed by atoms with Gasteiger partial charge in [0.25, 0.3) is 11.6 Å². The van der Waals surface area contributed by atoms with Gasteiger partial charge in [-0.25, -0.2) is 4.98 Å². The number of nitrogens with zero attached hydrogens (tertiary/aromatic N) is 2. The summed E-state index contributed by atoms with van der Waals surface area (Å²) in [4.78, 5) is 17.4. The summed E-state index contributed by atoms with van der Waals surface area (Å²) in [5.41, 5.74) is 8.17. The summed E-state index contributed by atoms with van der Waals surface area (Å²) >= 11 is 0. The van der Waals surface area contributed by atoms with E-state index in [2.05, 4.69) is 15.5 Å². The lowest BCUT2D eigenvalue weighted by molar-refractivity contribution is 0.0952. The zero-order chi connectivity index (χ0) is 18.3. The van der Waals surface area contributed by atoms with Gasteiger partial charge in [-0.1, -0.05) is 19.0 Å². The van der Waals surface area contributed by atoms with Gasteiger partial charge >= 0.3 is 0 Å². The Morgan fingerprint density at radius 1 is 1.42 bits per heavy atom. The summed E-state index contributed by atoms with van der Waals surface area (Å²) in [6, 6.07) is 5.28. The van der Waals surface area contributed by atoms with Crippen LogP contribution in [0, 0.1) is 5.92 Å². The maximum absolute atomic E-state index is 12.9. The molecule has 3 aromatic heterocycles. The van der Waals surface area contributed by atoms with Gasteiger partial charge in [-0.05, 0) is 42.9 Å². The standard InChI is InChI=1S/C19H22N4O3/c1-10(2)17-16-12(18(24)21-9-13(20)11-5-6-11)8-14(15-4-3-7-25-15)22-19(16)26-23-17/h3-4,7-8,10-11,13H,5-6,9,20H2,1-2H3,(H,21,24). The van der Waals surface area contributed by atoms with Crippen molar-refractivity contribution in [2.45, 2.75) is 38.6 Å². The molecule has 3 N–H and O–H groups in total. The van der Waals surface area contributed by atoms with Crippen molar-refractivity contribution in [2.75, 3.05) is 6.54 Å². The fourth-order valence-corrected chi connectivity index (χ4v) is 3.09. The summed E-state index contributed by atoms with van der Waals surface area (Å²) in [6.07, 6.45) is 3.85. The molecule has 1 saturated carbocycles. The first-order chi connectivity index (χ1) is 12.5. The Morgan fingerprint density at radius 2 is 2.23 bits per heavy atom. The number of hydrogen-bond donors (Lipinski definition) is 2. The molecule has 0 aliphatic heterocycles. The Morgan fingerprint density at radius 3 is 2.88 bits per heavy atom. The summed E-state index contributed by atoms with van der Waals surface area (Å²) in [6.45, 7) is 4.45. The van der Waals surface area contributed by atoms with Gasteiger partial charge in [-0.3, -0.25) is 4.79 Å². The third-order valence-corrected chi connectivity index (χ3v) is 4.76. The molecule has 1 unspecified atom stereocenters. The van der Waals surface area contributed by atoms with Gasteiger partial charge in [0.2, 0.25) is 0 Å². The highest BCUT2D eigenvalue weighted by molar-refractivity contribution is 6.07. The molecule has 0 saturated heterocycles. The van der Waals surface area contributed by atoms with Crippen molar-refractivity contribution in [2.24, 2.45) is 11.7 Å². The molecule has 0 bridgehead atoms. The van der Waals surface area contributed by atoms with Crippen molar-refractivity contribution in [3.63, 3.8) is 0 Å². The van der Waals surface area contributed by atoms with Gasteiger partial charge in [0.15, 0.2) is 5.76 Å². The van der Waals surface area contributed by atoms with Crippen LogP contribution in [-0.4, -0.2) is 28.6 Å². The second-order valence-corrected chi connectivity index (χ2v) is 7.15. The fourth-order valence-electron chi connectivity index (χ4n) is 3.09. The number of nitrogens with two attached hydrogens (primary N) is 1. The van der Waals surface area contributed by atoms with Crippen LogP contribution < -0.4 is 11.1 Å². The summed E-state index contributed by atoms with van der Waals surface area (Å²) in [5.74, 6) is 0.991. The number of amides is 1. The Labute approximate surface area is 150 Å². The highest BCUT2D eigenvalue weighted by Crippen LogP contribution is 2.32. The van der Waals surface area contributed by atoms with Crippen LogP contribution in [0.3, 0.4) is 0 Å². The highest BCUT2D eigenvalue weighted by Gasteiger charge is 2.29. The molecule has 1 aliphatic carbocycles. The largest absolute Gasteiger partial charge is 0.463 e. The van der Waals surface area contributed by atoms with Crippen molar-refractivity contribution >= 4 is 17.0 Å². The lowest BCUT2D eigenvalue weighted by atomic mass is 10.0. The lowest BCUT2D eigenvalue weighted by Gasteiger charge is -2.13. The average molecular weight is 354 g/mol. The van der Waals surface area contributed by atoms with Crippen LogP contribution in [0.25, 0.3) is 22.6 Å². The summed E-state index contributed by atoms with van der Waals surface area (Å²) in [5, 5.41) is 7.72. The van der Waals surface area contributed by atoms with Crippen LogP contribution in [0.5, 0.6) is 0 Å². The molecule has 26 heavy (non-hydrogen) atoms. The van der Waals surface area contributed by atoms with E-state index in [9.17, 15) is 4.79 Å². The lowest BCUT2D eigenvalue weighted by Crippen LogP contribution is -2.38. The van der Waals surface area contributed by atoms with E-state index < -0.39 is 0 Å². The molecule has 1 fully saturated rings. The molecule has 3 heterocycles. The van der Waals surface area contributed by atoms with E-state index in [1.165, 1.54) is 0 Å². The minimum Gasteiger partial charge on any atom is -0.463 e. The van der Waals surface area contributed by atoms with E-state index in [4.69, 9.17) is 14.7 Å². The monoisotopic (exact) mass is 354 g/mol. The molecular weight excluding hydrogens is 332 g/mol. The molecule has 0 radical (unpaired) electrons. The van der Waals surface area contributed by atoms with Gasteiger partial charge in [-0.15, -0.1) is 0 Å². The third kappa shape index (κ3) is 3.10. The zero-order valence-electron chi connectivity index (χ0n) is 14.9. The molecule has 0 aromatic carbocycles. The number of furan rings is 1. The highest BCUT2D eigenvalue weighted by atomic mass is 16.5. The first-order valence-corrected chi connectivity index (χ1v) is 8.92. The van der Waals surface area contributed by atoms with Crippen LogP contribution in [0.2, 0.25) is 0 Å². The molecule has 7 heteroatoms. The Bertz CT molecular complexity index is 926. The maximum Gasteiger partial charge on any atom is 0.259 e. The number of carbonyl (C=O) groups is 1. The minimum absolute atomic E-state index is 0.00661. The quantitative estimate of drug-likeness (QED) is 0.704. The second-order valence-electron chi connectivity index (χ2n) is 7.15.